The molecule has 0 aliphatic heterocycles. The molecule has 0 radical (unpaired) electrons. The maximum atomic E-state index is 13.4. The van der Waals surface area contributed by atoms with Crippen molar-refractivity contribution < 1.29 is 19.0 Å². The van der Waals surface area contributed by atoms with Gasteiger partial charge in [-0.3, -0.25) is 4.79 Å². The van der Waals surface area contributed by atoms with Crippen LogP contribution in [0.4, 0.5) is 4.39 Å². The Morgan fingerprint density at radius 1 is 1.43 bits per heavy atom. The molecule has 1 rings (SSSR count). The van der Waals surface area contributed by atoms with Gasteiger partial charge in [-0.2, -0.15) is 0 Å². The minimum Gasteiger partial charge on any atom is -0.481 e. The van der Waals surface area contributed by atoms with Crippen LogP contribution >= 0.6 is 0 Å². The zero-order valence-electron chi connectivity index (χ0n) is 12.6. The van der Waals surface area contributed by atoms with Crippen LogP contribution in [-0.2, 0) is 14.9 Å². The number of carboxylic acid groups (broad SMARTS) is 1. The van der Waals surface area contributed by atoms with E-state index in [0.717, 1.165) is 6.42 Å². The molecule has 4 nitrogen and oxygen atoms in total. The third-order valence-corrected chi connectivity index (χ3v) is 3.65. The van der Waals surface area contributed by atoms with Crippen molar-refractivity contribution in [1.29, 1.82) is 0 Å². The quantitative estimate of drug-likeness (QED) is 0.687. The molecular weight excluding hydrogens is 273 g/mol. The van der Waals surface area contributed by atoms with Crippen LogP contribution in [0, 0.1) is 11.7 Å². The van der Waals surface area contributed by atoms with Crippen LogP contribution in [-0.4, -0.2) is 30.8 Å². The molecule has 1 atom stereocenters. The van der Waals surface area contributed by atoms with Gasteiger partial charge in [0.15, 0.2) is 0 Å². The van der Waals surface area contributed by atoms with Crippen molar-refractivity contribution in [3.05, 3.63) is 35.6 Å². The van der Waals surface area contributed by atoms with E-state index in [0.29, 0.717) is 18.1 Å². The van der Waals surface area contributed by atoms with Crippen molar-refractivity contribution in [2.45, 2.75) is 32.1 Å². The summed E-state index contributed by atoms with van der Waals surface area (Å²) in [7, 11) is 0. The van der Waals surface area contributed by atoms with E-state index < -0.39 is 17.2 Å². The van der Waals surface area contributed by atoms with Crippen LogP contribution < -0.4 is 5.73 Å². The summed E-state index contributed by atoms with van der Waals surface area (Å²) in [6.45, 7) is 4.96. The summed E-state index contributed by atoms with van der Waals surface area (Å²) in [5, 5.41) is 9.55. The molecule has 21 heavy (non-hydrogen) atoms. The molecule has 1 unspecified atom stereocenters. The van der Waals surface area contributed by atoms with Gasteiger partial charge in [0.05, 0.1) is 0 Å². The molecule has 0 heterocycles. The van der Waals surface area contributed by atoms with Gasteiger partial charge in [0.2, 0.25) is 0 Å². The number of carboxylic acids is 1. The molecule has 0 spiro atoms. The van der Waals surface area contributed by atoms with E-state index in [9.17, 15) is 14.3 Å². The number of benzene rings is 1. The number of hydrogen-bond acceptors (Lipinski definition) is 3. The highest BCUT2D eigenvalue weighted by Crippen LogP contribution is 2.28. The predicted octanol–water partition coefficient (Wildman–Crippen LogP) is 2.56. The first-order chi connectivity index (χ1) is 9.92. The first kappa shape index (κ1) is 17.6. The largest absolute Gasteiger partial charge is 0.481 e. The summed E-state index contributed by atoms with van der Waals surface area (Å²) < 4.78 is 18.9. The Hall–Kier alpha value is -1.46. The first-order valence-corrected chi connectivity index (χ1v) is 7.19. The second-order valence-corrected chi connectivity index (χ2v) is 5.65. The number of halogens is 1. The van der Waals surface area contributed by atoms with Crippen LogP contribution in [0.15, 0.2) is 24.3 Å². The Bertz CT molecular complexity index is 465. The van der Waals surface area contributed by atoms with Gasteiger partial charge in [-0.05, 0) is 36.5 Å². The number of carbonyl (C=O) groups is 1. The highest BCUT2D eigenvalue weighted by molar-refractivity contribution is 5.81. The normalized spacial score (nSPS) is 14.1. The van der Waals surface area contributed by atoms with Gasteiger partial charge in [-0.25, -0.2) is 4.39 Å². The van der Waals surface area contributed by atoms with Crippen molar-refractivity contribution in [3.63, 3.8) is 0 Å². The topological polar surface area (TPSA) is 72.5 Å². The van der Waals surface area contributed by atoms with Gasteiger partial charge >= 0.3 is 5.97 Å². The summed E-state index contributed by atoms with van der Waals surface area (Å²) in [6, 6.07) is 5.61. The van der Waals surface area contributed by atoms with Gasteiger partial charge in [0.1, 0.15) is 11.2 Å². The Balaban J connectivity index is 2.78. The molecule has 0 aromatic heterocycles. The summed E-state index contributed by atoms with van der Waals surface area (Å²) in [4.78, 5) is 11.7. The fraction of sp³-hybridized carbons (Fsp3) is 0.562. The molecule has 0 bridgehead atoms. The molecule has 3 N–H and O–H groups in total. The SMILES string of the molecule is CC(C)CCOCCC(CN)(C(=O)O)c1cccc(F)c1. The molecule has 5 heteroatoms. The van der Waals surface area contributed by atoms with Crippen LogP contribution in [0.3, 0.4) is 0 Å². The molecule has 1 aromatic carbocycles. The zero-order valence-corrected chi connectivity index (χ0v) is 12.6. The van der Waals surface area contributed by atoms with Gasteiger partial charge in [0.25, 0.3) is 0 Å². The smallest absolute Gasteiger partial charge is 0.315 e. The Labute approximate surface area is 125 Å². The van der Waals surface area contributed by atoms with E-state index in [2.05, 4.69) is 13.8 Å². The highest BCUT2D eigenvalue weighted by atomic mass is 19.1. The third kappa shape index (κ3) is 4.79. The number of ether oxygens (including phenoxy) is 1. The third-order valence-electron chi connectivity index (χ3n) is 3.65. The molecule has 118 valence electrons. The number of aliphatic carboxylic acids is 1. The van der Waals surface area contributed by atoms with Crippen LogP contribution in [0.2, 0.25) is 0 Å². The van der Waals surface area contributed by atoms with Crippen LogP contribution in [0.1, 0.15) is 32.3 Å². The van der Waals surface area contributed by atoms with Crippen LogP contribution in [0.25, 0.3) is 0 Å². The fourth-order valence-electron chi connectivity index (χ4n) is 2.14. The van der Waals surface area contributed by atoms with Crippen molar-refractivity contribution >= 4 is 5.97 Å². The lowest BCUT2D eigenvalue weighted by Crippen LogP contribution is -2.44. The van der Waals surface area contributed by atoms with Gasteiger partial charge < -0.3 is 15.6 Å². The average molecular weight is 297 g/mol. The summed E-state index contributed by atoms with van der Waals surface area (Å²) in [6.07, 6.45) is 1.14. The molecule has 1 aromatic rings. The predicted molar refractivity (Wildman–Crippen MR) is 79.7 cm³/mol. The molecule has 0 aliphatic rings. The van der Waals surface area contributed by atoms with E-state index >= 15 is 0 Å². The van der Waals surface area contributed by atoms with Gasteiger partial charge in [-0.1, -0.05) is 26.0 Å². The molecular formula is C16H24FNO3. The zero-order chi connectivity index (χ0) is 15.9. The minimum atomic E-state index is -1.31. The highest BCUT2D eigenvalue weighted by Gasteiger charge is 2.39. The summed E-state index contributed by atoms with van der Waals surface area (Å²) >= 11 is 0. The van der Waals surface area contributed by atoms with E-state index in [-0.39, 0.29) is 19.6 Å². The lowest BCUT2D eigenvalue weighted by atomic mass is 9.78. The number of hydrogen-bond donors (Lipinski definition) is 2. The minimum absolute atomic E-state index is 0.0979. The second kappa shape index (κ2) is 8.10. The Kier molecular flexibility index (Phi) is 6.78. The summed E-state index contributed by atoms with van der Waals surface area (Å²) in [5.74, 6) is -0.984. The van der Waals surface area contributed by atoms with E-state index in [1.165, 1.54) is 18.2 Å². The van der Waals surface area contributed by atoms with E-state index in [4.69, 9.17) is 10.5 Å². The average Bonchev–Trinajstić information content (AvgIpc) is 2.42. The van der Waals surface area contributed by atoms with Crippen molar-refractivity contribution in [1.82, 2.24) is 0 Å². The Morgan fingerprint density at radius 2 is 2.14 bits per heavy atom. The number of nitrogens with two attached hydrogens (primary N) is 1. The molecule has 0 saturated carbocycles. The standard InChI is InChI=1S/C16H24FNO3/c1-12(2)6-8-21-9-7-16(11-18,15(19)20)13-4-3-5-14(17)10-13/h3-5,10,12H,6-9,11,18H2,1-2H3,(H,19,20). The van der Waals surface area contributed by atoms with Crippen molar-refractivity contribution in [3.8, 4) is 0 Å². The van der Waals surface area contributed by atoms with Gasteiger partial charge in [-0.15, -0.1) is 0 Å². The monoisotopic (exact) mass is 297 g/mol. The number of rotatable bonds is 9. The molecule has 0 saturated heterocycles. The maximum Gasteiger partial charge on any atom is 0.315 e. The summed E-state index contributed by atoms with van der Waals surface area (Å²) in [5.41, 5.74) is 4.77. The lowest BCUT2D eigenvalue weighted by Gasteiger charge is -2.28. The van der Waals surface area contributed by atoms with Crippen molar-refractivity contribution in [2.75, 3.05) is 19.8 Å². The Morgan fingerprint density at radius 3 is 2.67 bits per heavy atom. The molecule has 0 fully saturated rings. The van der Waals surface area contributed by atoms with E-state index in [1.54, 1.807) is 6.07 Å². The van der Waals surface area contributed by atoms with Gasteiger partial charge in [0, 0.05) is 19.8 Å². The fourth-order valence-corrected chi connectivity index (χ4v) is 2.14. The van der Waals surface area contributed by atoms with E-state index in [1.807, 2.05) is 0 Å². The maximum absolute atomic E-state index is 13.4. The molecule has 0 amide bonds. The first-order valence-electron chi connectivity index (χ1n) is 7.19. The van der Waals surface area contributed by atoms with Crippen molar-refractivity contribution in [2.24, 2.45) is 11.7 Å². The van der Waals surface area contributed by atoms with Crippen LogP contribution in [0.5, 0.6) is 0 Å². The second-order valence-electron chi connectivity index (χ2n) is 5.65. The molecule has 0 aliphatic carbocycles. The lowest BCUT2D eigenvalue weighted by molar-refractivity contribution is -0.144.